The number of hydrogen-bond acceptors (Lipinski definition) is 2. The molecule has 0 aromatic carbocycles. The lowest BCUT2D eigenvalue weighted by molar-refractivity contribution is -0.135. The minimum Gasteiger partial charge on any atom is -0.337 e. The average Bonchev–Trinajstić information content (AvgIpc) is 2.47. The van der Waals surface area contributed by atoms with Crippen LogP contribution in [0, 0.1) is 11.8 Å². The van der Waals surface area contributed by atoms with Crippen molar-refractivity contribution in [1.29, 1.82) is 0 Å². The van der Waals surface area contributed by atoms with E-state index in [9.17, 15) is 4.79 Å². The molecule has 1 saturated carbocycles. The highest BCUT2D eigenvalue weighted by Crippen LogP contribution is 2.27. The minimum absolute atomic E-state index is 0.354. The normalized spacial score (nSPS) is 28.1. The number of rotatable bonds is 5. The molecule has 1 aliphatic carbocycles. The lowest BCUT2D eigenvalue weighted by Crippen LogP contribution is -2.57. The lowest BCUT2D eigenvalue weighted by Gasteiger charge is -2.39. The van der Waals surface area contributed by atoms with Crippen LogP contribution >= 0.6 is 0 Å². The molecule has 1 N–H and O–H groups in total. The van der Waals surface area contributed by atoms with Crippen molar-refractivity contribution < 1.29 is 4.79 Å². The zero-order valence-corrected chi connectivity index (χ0v) is 14.2. The first kappa shape index (κ1) is 16.8. The molecule has 3 heteroatoms. The van der Waals surface area contributed by atoms with E-state index >= 15 is 0 Å². The number of nitrogens with one attached hydrogen (secondary N) is 1. The molecule has 0 aromatic rings. The van der Waals surface area contributed by atoms with Crippen LogP contribution in [0.15, 0.2) is 0 Å². The summed E-state index contributed by atoms with van der Waals surface area (Å²) >= 11 is 0. The van der Waals surface area contributed by atoms with Gasteiger partial charge in [-0.1, -0.05) is 46.0 Å². The van der Waals surface area contributed by atoms with Gasteiger partial charge in [0.1, 0.15) is 0 Å². The molecule has 21 heavy (non-hydrogen) atoms. The lowest BCUT2D eigenvalue weighted by atomic mass is 9.86. The third-order valence-corrected chi connectivity index (χ3v) is 5.22. The van der Waals surface area contributed by atoms with Gasteiger partial charge in [-0.15, -0.1) is 0 Å². The second-order valence-electron chi connectivity index (χ2n) is 7.67. The average molecular weight is 294 g/mol. The maximum absolute atomic E-state index is 12.6. The van der Waals surface area contributed by atoms with Crippen LogP contribution in [0.1, 0.15) is 72.1 Å². The summed E-state index contributed by atoms with van der Waals surface area (Å²) in [6.45, 7) is 8.55. The predicted molar refractivity (Wildman–Crippen MR) is 88.2 cm³/mol. The van der Waals surface area contributed by atoms with Gasteiger partial charge in [0.2, 0.25) is 5.91 Å². The number of piperazine rings is 1. The van der Waals surface area contributed by atoms with Crippen molar-refractivity contribution in [1.82, 2.24) is 10.2 Å². The minimum atomic E-state index is 0.354. The van der Waals surface area contributed by atoms with Crippen molar-refractivity contribution in [2.45, 2.75) is 84.2 Å². The van der Waals surface area contributed by atoms with Crippen LogP contribution in [0.3, 0.4) is 0 Å². The number of hydrogen-bond donors (Lipinski definition) is 1. The smallest absolute Gasteiger partial charge is 0.222 e. The number of carbonyl (C=O) groups is 1. The first-order valence-electron chi connectivity index (χ1n) is 9.09. The fourth-order valence-corrected chi connectivity index (χ4v) is 3.95. The quantitative estimate of drug-likeness (QED) is 0.840. The molecule has 2 rings (SSSR count). The number of carbonyl (C=O) groups excluding carboxylic acids is 1. The van der Waals surface area contributed by atoms with E-state index in [-0.39, 0.29) is 0 Å². The molecule has 3 nitrogen and oxygen atoms in total. The Bertz CT molecular complexity index is 323. The van der Waals surface area contributed by atoms with Crippen LogP contribution in [-0.2, 0) is 4.79 Å². The van der Waals surface area contributed by atoms with Crippen molar-refractivity contribution in [3.05, 3.63) is 0 Å². The second kappa shape index (κ2) is 8.17. The van der Waals surface area contributed by atoms with Crippen LogP contribution in [0.5, 0.6) is 0 Å². The molecule has 122 valence electrons. The zero-order valence-electron chi connectivity index (χ0n) is 14.2. The van der Waals surface area contributed by atoms with Gasteiger partial charge >= 0.3 is 0 Å². The Balaban J connectivity index is 1.78. The third-order valence-electron chi connectivity index (χ3n) is 5.22. The van der Waals surface area contributed by atoms with Gasteiger partial charge in [0.05, 0.1) is 0 Å². The van der Waals surface area contributed by atoms with Gasteiger partial charge in [0, 0.05) is 31.6 Å². The summed E-state index contributed by atoms with van der Waals surface area (Å²) in [5.41, 5.74) is 0. The summed E-state index contributed by atoms with van der Waals surface area (Å²) in [7, 11) is 0. The highest BCUT2D eigenvalue weighted by molar-refractivity contribution is 5.76. The van der Waals surface area contributed by atoms with Crippen LogP contribution in [-0.4, -0.2) is 36.0 Å². The highest BCUT2D eigenvalue weighted by atomic mass is 16.2. The van der Waals surface area contributed by atoms with Gasteiger partial charge in [-0.05, 0) is 31.6 Å². The molecule has 1 aliphatic heterocycles. The Morgan fingerprint density at radius 1 is 1.24 bits per heavy atom. The molecular formula is C18H34N2O. The Morgan fingerprint density at radius 2 is 1.95 bits per heavy atom. The van der Waals surface area contributed by atoms with E-state index in [0.29, 0.717) is 23.9 Å². The summed E-state index contributed by atoms with van der Waals surface area (Å²) < 4.78 is 0. The van der Waals surface area contributed by atoms with Gasteiger partial charge in [-0.2, -0.15) is 0 Å². The fourth-order valence-electron chi connectivity index (χ4n) is 3.95. The topological polar surface area (TPSA) is 32.3 Å². The van der Waals surface area contributed by atoms with Crippen molar-refractivity contribution in [2.24, 2.45) is 11.8 Å². The molecule has 0 radical (unpaired) electrons. The first-order valence-corrected chi connectivity index (χ1v) is 9.09. The molecule has 1 amide bonds. The van der Waals surface area contributed by atoms with E-state index in [4.69, 9.17) is 0 Å². The van der Waals surface area contributed by atoms with Crippen LogP contribution in [0.2, 0.25) is 0 Å². The van der Waals surface area contributed by atoms with E-state index in [1.807, 2.05) is 0 Å². The van der Waals surface area contributed by atoms with Crippen molar-refractivity contribution in [3.63, 3.8) is 0 Å². The molecule has 0 bridgehead atoms. The maximum Gasteiger partial charge on any atom is 0.222 e. The summed E-state index contributed by atoms with van der Waals surface area (Å²) in [6, 6.07) is 0.840. The third kappa shape index (κ3) is 5.28. The molecule has 2 atom stereocenters. The van der Waals surface area contributed by atoms with Crippen molar-refractivity contribution in [2.75, 3.05) is 13.1 Å². The van der Waals surface area contributed by atoms with Gasteiger partial charge in [-0.3, -0.25) is 4.79 Å². The van der Waals surface area contributed by atoms with E-state index in [0.717, 1.165) is 31.8 Å². The molecule has 1 saturated heterocycles. The monoisotopic (exact) mass is 294 g/mol. The van der Waals surface area contributed by atoms with E-state index in [2.05, 4.69) is 31.0 Å². The summed E-state index contributed by atoms with van der Waals surface area (Å²) in [6.07, 6.45) is 9.89. The van der Waals surface area contributed by atoms with Gasteiger partial charge < -0.3 is 10.2 Å². The molecule has 0 spiro atoms. The molecular weight excluding hydrogens is 260 g/mol. The van der Waals surface area contributed by atoms with Gasteiger partial charge in [0.15, 0.2) is 0 Å². The largest absolute Gasteiger partial charge is 0.337 e. The van der Waals surface area contributed by atoms with E-state index in [1.165, 1.54) is 38.5 Å². The fraction of sp³-hybridized carbons (Fsp3) is 0.944. The predicted octanol–water partition coefficient (Wildman–Crippen LogP) is 3.58. The van der Waals surface area contributed by atoms with Crippen LogP contribution in [0.4, 0.5) is 0 Å². The first-order chi connectivity index (χ1) is 10.1. The Morgan fingerprint density at radius 3 is 2.62 bits per heavy atom. The molecule has 0 aromatic heterocycles. The maximum atomic E-state index is 12.6. The van der Waals surface area contributed by atoms with Gasteiger partial charge in [0.25, 0.3) is 0 Å². The van der Waals surface area contributed by atoms with Crippen molar-refractivity contribution >= 4 is 5.91 Å². The zero-order chi connectivity index (χ0) is 15.2. The summed E-state index contributed by atoms with van der Waals surface area (Å²) in [5, 5.41) is 3.60. The molecule has 2 unspecified atom stereocenters. The summed E-state index contributed by atoms with van der Waals surface area (Å²) in [5.74, 6) is 1.89. The van der Waals surface area contributed by atoms with E-state index in [1.54, 1.807) is 0 Å². The highest BCUT2D eigenvalue weighted by Gasteiger charge is 2.29. The SMILES string of the molecule is CC(C)CC1CN(C(=O)CCC2CCCCC2)C(C)CN1. The second-order valence-corrected chi connectivity index (χ2v) is 7.67. The molecule has 1 heterocycles. The summed E-state index contributed by atoms with van der Waals surface area (Å²) in [4.78, 5) is 14.7. The van der Waals surface area contributed by atoms with Crippen LogP contribution < -0.4 is 5.32 Å². The molecule has 2 aliphatic rings. The van der Waals surface area contributed by atoms with Crippen molar-refractivity contribution in [3.8, 4) is 0 Å². The Labute approximate surface area is 130 Å². The standard InChI is InChI=1S/C18H34N2O/c1-14(2)11-17-13-20(15(3)12-19-17)18(21)10-9-16-7-5-4-6-8-16/h14-17,19H,4-13H2,1-3H3. The molecule has 2 fully saturated rings. The Kier molecular flexibility index (Phi) is 6.53. The Hall–Kier alpha value is -0.570. The van der Waals surface area contributed by atoms with Crippen LogP contribution in [0.25, 0.3) is 0 Å². The van der Waals surface area contributed by atoms with E-state index < -0.39 is 0 Å². The van der Waals surface area contributed by atoms with Gasteiger partial charge in [-0.25, -0.2) is 0 Å². The number of nitrogens with zero attached hydrogens (tertiary/aromatic N) is 1. The number of amides is 1.